The Bertz CT molecular complexity index is 2140. The maximum Gasteiger partial charge on any atom is 0.258 e. The molecule has 13 heteroatoms. The number of carbonyl (C=O) groups excluding carboxylic acids is 3. The van der Waals surface area contributed by atoms with Crippen molar-refractivity contribution in [2.75, 3.05) is 18.5 Å². The Balaban J connectivity index is 1.15. The van der Waals surface area contributed by atoms with Gasteiger partial charge >= 0.3 is 0 Å². The second kappa shape index (κ2) is 18.0. The van der Waals surface area contributed by atoms with E-state index in [1.807, 2.05) is 58.2 Å². The molecule has 3 aromatic heterocycles. The minimum atomic E-state index is -0.804. The summed E-state index contributed by atoms with van der Waals surface area (Å²) in [5.41, 5.74) is 1.55. The second-order valence-corrected chi connectivity index (χ2v) is 17.2. The topological polar surface area (TPSA) is 147 Å². The maximum atomic E-state index is 13.4. The number of halogens is 1. The van der Waals surface area contributed by atoms with Gasteiger partial charge in [-0.15, -0.1) is 10.2 Å². The number of nitrogens with zero attached hydrogens (tertiary/aromatic N) is 4. The first-order valence-electron chi connectivity index (χ1n) is 19.9. The van der Waals surface area contributed by atoms with E-state index in [-0.39, 0.29) is 30.4 Å². The lowest BCUT2D eigenvalue weighted by atomic mass is 9.73. The number of ether oxygens (including phenoxy) is 1. The van der Waals surface area contributed by atoms with E-state index in [4.69, 9.17) is 16.3 Å². The van der Waals surface area contributed by atoms with Gasteiger partial charge in [-0.1, -0.05) is 128 Å². The van der Waals surface area contributed by atoms with Gasteiger partial charge in [-0.25, -0.2) is 4.52 Å². The number of para-hydroxylation sites is 3. The van der Waals surface area contributed by atoms with E-state index in [9.17, 15) is 14.4 Å². The number of anilines is 1. The molecule has 0 aliphatic heterocycles. The van der Waals surface area contributed by atoms with Crippen LogP contribution in [0.2, 0.25) is 5.02 Å². The number of fused-ring (bicyclic) bond motifs is 2. The molecule has 3 amide bonds. The van der Waals surface area contributed by atoms with Crippen LogP contribution in [-0.2, 0) is 27.0 Å². The highest BCUT2D eigenvalue weighted by atomic mass is 35.5. The summed E-state index contributed by atoms with van der Waals surface area (Å²) in [6.45, 7) is 16.5. The number of unbranched alkanes of at least 4 members (excludes halogenated alkanes) is 7. The van der Waals surface area contributed by atoms with Crippen LogP contribution in [0.5, 0.6) is 5.75 Å². The predicted molar refractivity (Wildman–Crippen MR) is 224 cm³/mol. The van der Waals surface area contributed by atoms with Crippen molar-refractivity contribution >= 4 is 51.6 Å². The summed E-state index contributed by atoms with van der Waals surface area (Å²) in [5.74, 6) is -0.181. The fraction of sp³-hybridized carbons (Fsp3) is 0.512. The molecular weight excluding hydrogens is 728 g/mol. The van der Waals surface area contributed by atoms with Crippen molar-refractivity contribution in [3.05, 3.63) is 76.8 Å². The van der Waals surface area contributed by atoms with Crippen LogP contribution in [0.25, 0.3) is 16.6 Å². The Morgan fingerprint density at radius 2 is 1.50 bits per heavy atom. The SMILES string of the molecule is CCCCCCCCCCn1cc(C(=O)NCC(=O)Nc2ccccc2OCC(=O)NC(C)(C)C(C)(C)c2nnc3c(Cl)c(C(C)(C)C)[nH]n23)c2ccccc21. The first-order chi connectivity index (χ1) is 26.5. The zero-order chi connectivity index (χ0) is 40.7. The zero-order valence-electron chi connectivity index (χ0n) is 34.3. The van der Waals surface area contributed by atoms with Crippen molar-refractivity contribution in [1.29, 1.82) is 0 Å². The summed E-state index contributed by atoms with van der Waals surface area (Å²) in [7, 11) is 0. The van der Waals surface area contributed by atoms with Crippen molar-refractivity contribution in [2.45, 2.75) is 130 Å². The van der Waals surface area contributed by atoms with Gasteiger partial charge < -0.3 is 25.3 Å². The third-order valence-electron chi connectivity index (χ3n) is 10.8. The molecule has 0 aliphatic carbocycles. The molecule has 0 saturated carbocycles. The van der Waals surface area contributed by atoms with E-state index in [1.165, 1.54) is 38.5 Å². The highest BCUT2D eigenvalue weighted by Crippen LogP contribution is 2.37. The molecular formula is C43H59ClN8O4. The summed E-state index contributed by atoms with van der Waals surface area (Å²) in [6.07, 6.45) is 11.8. The minimum absolute atomic E-state index is 0.237. The number of aryl methyl sites for hydroxylation is 1. The summed E-state index contributed by atoms with van der Waals surface area (Å²) in [5, 5.41) is 22.2. The van der Waals surface area contributed by atoms with Crippen molar-refractivity contribution in [2.24, 2.45) is 0 Å². The van der Waals surface area contributed by atoms with Crippen molar-refractivity contribution in [3.63, 3.8) is 0 Å². The van der Waals surface area contributed by atoms with Gasteiger partial charge in [0.15, 0.2) is 18.1 Å². The monoisotopic (exact) mass is 786 g/mol. The third kappa shape index (κ3) is 9.75. The standard InChI is InChI=1S/C43H59ClN8O4/c1-9-10-11-12-13-14-15-20-25-51-27-30(29-21-16-18-23-32(29)51)39(55)45-26-34(53)46-31-22-17-19-24-33(31)56-28-35(54)47-43(7,8)42(5,6)40-49-48-38-36(44)37(41(2,3)4)50-52(38)40/h16-19,21-24,27,50H,9-15,20,25-26,28H2,1-8H3,(H,45,55)(H,46,53)(H,47,54). The molecule has 3 heterocycles. The lowest BCUT2D eigenvalue weighted by Gasteiger charge is -2.40. The van der Waals surface area contributed by atoms with E-state index in [0.717, 1.165) is 36.0 Å². The Hall–Kier alpha value is -4.84. The first kappa shape index (κ1) is 42.3. The summed E-state index contributed by atoms with van der Waals surface area (Å²) < 4.78 is 9.84. The Morgan fingerprint density at radius 1 is 0.839 bits per heavy atom. The second-order valence-electron chi connectivity index (χ2n) is 16.8. The van der Waals surface area contributed by atoms with Gasteiger partial charge in [0.2, 0.25) is 5.91 Å². The molecule has 12 nitrogen and oxygen atoms in total. The van der Waals surface area contributed by atoms with E-state index in [0.29, 0.717) is 33.5 Å². The Morgan fingerprint density at radius 3 is 2.21 bits per heavy atom. The number of aromatic nitrogens is 5. The lowest BCUT2D eigenvalue weighted by Crippen LogP contribution is -2.57. The van der Waals surface area contributed by atoms with Crippen LogP contribution in [0.15, 0.2) is 54.7 Å². The Kier molecular flexibility index (Phi) is 13.6. The summed E-state index contributed by atoms with van der Waals surface area (Å²) in [4.78, 5) is 39.8. The lowest BCUT2D eigenvalue weighted by molar-refractivity contribution is -0.125. The number of rotatable bonds is 19. The minimum Gasteiger partial charge on any atom is -0.482 e. The van der Waals surface area contributed by atoms with Gasteiger partial charge in [0.25, 0.3) is 11.8 Å². The maximum absolute atomic E-state index is 13.4. The number of carbonyl (C=O) groups is 3. The van der Waals surface area contributed by atoms with Crippen LogP contribution in [0.4, 0.5) is 5.69 Å². The molecule has 0 fully saturated rings. The number of nitrogens with one attached hydrogen (secondary N) is 4. The van der Waals surface area contributed by atoms with Crippen LogP contribution in [0.3, 0.4) is 0 Å². The number of benzene rings is 2. The normalized spacial score (nSPS) is 12.3. The molecule has 0 spiro atoms. The molecule has 0 unspecified atom stereocenters. The highest BCUT2D eigenvalue weighted by molar-refractivity contribution is 6.34. The fourth-order valence-corrected chi connectivity index (χ4v) is 7.29. The van der Waals surface area contributed by atoms with Gasteiger partial charge in [-0.05, 0) is 38.5 Å². The van der Waals surface area contributed by atoms with Gasteiger partial charge in [-0.3, -0.25) is 19.5 Å². The average molecular weight is 787 g/mol. The summed E-state index contributed by atoms with van der Waals surface area (Å²) >= 11 is 6.67. The van der Waals surface area contributed by atoms with E-state index < -0.39 is 16.9 Å². The van der Waals surface area contributed by atoms with Crippen LogP contribution >= 0.6 is 11.6 Å². The molecule has 0 aliphatic rings. The molecule has 5 rings (SSSR count). The molecule has 56 heavy (non-hydrogen) atoms. The van der Waals surface area contributed by atoms with Crippen LogP contribution < -0.4 is 20.7 Å². The zero-order valence-corrected chi connectivity index (χ0v) is 35.0. The third-order valence-corrected chi connectivity index (χ3v) is 11.2. The predicted octanol–water partition coefficient (Wildman–Crippen LogP) is 8.72. The van der Waals surface area contributed by atoms with E-state index in [1.54, 1.807) is 28.8 Å². The summed E-state index contributed by atoms with van der Waals surface area (Å²) in [6, 6.07) is 14.7. The number of hydrogen-bond donors (Lipinski definition) is 4. The molecule has 4 N–H and O–H groups in total. The molecule has 302 valence electrons. The number of aromatic amines is 1. The van der Waals surface area contributed by atoms with Crippen molar-refractivity contribution in [3.8, 4) is 5.75 Å². The number of amides is 3. The molecule has 0 atom stereocenters. The van der Waals surface area contributed by atoms with E-state index in [2.05, 4.69) is 63.5 Å². The van der Waals surface area contributed by atoms with Crippen LogP contribution in [0, 0.1) is 0 Å². The molecule has 0 radical (unpaired) electrons. The van der Waals surface area contributed by atoms with Gasteiger partial charge in [0.1, 0.15) is 10.8 Å². The number of H-pyrrole nitrogens is 1. The van der Waals surface area contributed by atoms with Crippen molar-refractivity contribution in [1.82, 2.24) is 35.0 Å². The van der Waals surface area contributed by atoms with Gasteiger partial charge in [0, 0.05) is 40.0 Å². The van der Waals surface area contributed by atoms with Crippen molar-refractivity contribution < 1.29 is 19.1 Å². The molecule has 2 aromatic carbocycles. The Labute approximate surface area is 335 Å². The molecule has 5 aromatic rings. The van der Waals surface area contributed by atoms with Gasteiger partial charge in [-0.2, -0.15) is 0 Å². The van der Waals surface area contributed by atoms with Gasteiger partial charge in [0.05, 0.1) is 23.5 Å². The van der Waals surface area contributed by atoms with Crippen LogP contribution in [0.1, 0.15) is 129 Å². The number of hydrogen-bond acceptors (Lipinski definition) is 6. The smallest absolute Gasteiger partial charge is 0.258 e. The van der Waals surface area contributed by atoms with E-state index >= 15 is 0 Å². The molecule has 0 saturated heterocycles. The largest absolute Gasteiger partial charge is 0.482 e. The quantitative estimate of drug-likeness (QED) is 0.0616. The highest BCUT2D eigenvalue weighted by Gasteiger charge is 2.44. The van der Waals surface area contributed by atoms with Crippen LogP contribution in [-0.4, -0.2) is 60.8 Å². The molecule has 0 bridgehead atoms. The average Bonchev–Trinajstić information content (AvgIpc) is 3.84. The fourth-order valence-electron chi connectivity index (χ4n) is 6.84. The first-order valence-corrected chi connectivity index (χ1v) is 20.2.